The summed E-state index contributed by atoms with van der Waals surface area (Å²) in [7, 11) is 2.12. The van der Waals surface area contributed by atoms with Crippen molar-refractivity contribution < 1.29 is 9.53 Å². The number of hydrogen-bond acceptors (Lipinski definition) is 3. The summed E-state index contributed by atoms with van der Waals surface area (Å²) < 4.78 is 5.27. The molecule has 1 amide bonds. The Labute approximate surface area is 160 Å². The van der Waals surface area contributed by atoms with Gasteiger partial charge in [-0.15, -0.1) is 0 Å². The lowest BCUT2D eigenvalue weighted by Gasteiger charge is -2.22. The fourth-order valence-electron chi connectivity index (χ4n) is 3.29. The zero-order valence-corrected chi connectivity index (χ0v) is 15.9. The lowest BCUT2D eigenvalue weighted by molar-refractivity contribution is 0.156. The van der Waals surface area contributed by atoms with Crippen molar-refractivity contribution in [2.75, 3.05) is 26.7 Å². The van der Waals surface area contributed by atoms with Gasteiger partial charge in [-0.2, -0.15) is 0 Å². The van der Waals surface area contributed by atoms with Crippen LogP contribution in [0, 0.1) is 0 Å². The second kappa shape index (κ2) is 9.06. The summed E-state index contributed by atoms with van der Waals surface area (Å²) in [6.07, 6.45) is 1.80. The number of carbonyl (C=O) groups is 1. The largest absolute Gasteiger partial charge is 0.447 e. The van der Waals surface area contributed by atoms with Crippen LogP contribution in [0.2, 0.25) is 5.02 Å². The van der Waals surface area contributed by atoms with E-state index >= 15 is 0 Å². The van der Waals surface area contributed by atoms with E-state index in [1.54, 1.807) is 0 Å². The Hall–Kier alpha value is -2.04. The molecule has 1 aliphatic rings. The van der Waals surface area contributed by atoms with Crippen LogP contribution < -0.4 is 0 Å². The third kappa shape index (κ3) is 4.99. The summed E-state index contributed by atoms with van der Waals surface area (Å²) in [6.45, 7) is 3.06. The van der Waals surface area contributed by atoms with E-state index < -0.39 is 0 Å². The zero-order valence-electron chi connectivity index (χ0n) is 15.1. The molecule has 2 aromatic rings. The van der Waals surface area contributed by atoms with E-state index in [0.29, 0.717) is 6.61 Å². The van der Waals surface area contributed by atoms with Gasteiger partial charge in [0.1, 0.15) is 6.61 Å². The first kappa shape index (κ1) is 18.7. The average Bonchev–Trinajstić information content (AvgIpc) is 3.02. The summed E-state index contributed by atoms with van der Waals surface area (Å²) in [5.74, 6) is 0. The molecule has 138 valence electrons. The summed E-state index contributed by atoms with van der Waals surface area (Å²) >= 11 is 5.92. The lowest BCUT2D eigenvalue weighted by Crippen LogP contribution is -2.29. The molecule has 0 N–H and O–H groups in total. The molecule has 1 saturated heterocycles. The maximum atomic E-state index is 12.0. The topological polar surface area (TPSA) is 32.8 Å². The van der Waals surface area contributed by atoms with Gasteiger partial charge in [0.15, 0.2) is 0 Å². The number of hydrogen-bond donors (Lipinski definition) is 0. The van der Waals surface area contributed by atoms with E-state index in [4.69, 9.17) is 16.3 Å². The number of rotatable bonds is 8. The van der Waals surface area contributed by atoms with Crippen LogP contribution in [0.5, 0.6) is 0 Å². The predicted molar refractivity (Wildman–Crippen MR) is 104 cm³/mol. The van der Waals surface area contributed by atoms with Crippen molar-refractivity contribution in [3.8, 4) is 0 Å². The fourth-order valence-corrected chi connectivity index (χ4v) is 3.42. The maximum Gasteiger partial charge on any atom is 0.410 e. The van der Waals surface area contributed by atoms with Crippen LogP contribution in [0.3, 0.4) is 0 Å². The van der Waals surface area contributed by atoms with Gasteiger partial charge in [0, 0.05) is 18.1 Å². The summed E-state index contributed by atoms with van der Waals surface area (Å²) in [6, 6.07) is 18.1. The SMILES string of the molecule is CN(CCCCN1C(=O)OC[C@@H]1c1ccccc1)Cc1ccc(Cl)cc1. The van der Waals surface area contributed by atoms with Gasteiger partial charge < -0.3 is 9.64 Å². The molecular formula is C21H25ClN2O2. The van der Waals surface area contributed by atoms with Crippen LogP contribution in [0.1, 0.15) is 30.0 Å². The normalized spacial score (nSPS) is 17.0. The van der Waals surface area contributed by atoms with Gasteiger partial charge in [-0.3, -0.25) is 4.90 Å². The van der Waals surface area contributed by atoms with E-state index in [9.17, 15) is 4.79 Å². The van der Waals surface area contributed by atoms with Gasteiger partial charge in [0.2, 0.25) is 0 Å². The molecule has 0 saturated carbocycles. The number of nitrogens with zero attached hydrogens (tertiary/aromatic N) is 2. The molecule has 1 atom stereocenters. The Morgan fingerprint density at radius 1 is 1.12 bits per heavy atom. The average molecular weight is 373 g/mol. The fraction of sp³-hybridized carbons (Fsp3) is 0.381. The van der Waals surface area contributed by atoms with Crippen LogP contribution in [0.25, 0.3) is 0 Å². The Balaban J connectivity index is 1.43. The molecule has 2 aromatic carbocycles. The van der Waals surface area contributed by atoms with E-state index in [1.165, 1.54) is 5.56 Å². The van der Waals surface area contributed by atoms with E-state index in [-0.39, 0.29) is 12.1 Å². The predicted octanol–water partition coefficient (Wildman–Crippen LogP) is 4.75. The number of amides is 1. The minimum atomic E-state index is -0.201. The highest BCUT2D eigenvalue weighted by Gasteiger charge is 2.33. The van der Waals surface area contributed by atoms with Gasteiger partial charge in [-0.05, 0) is 49.7 Å². The first-order valence-electron chi connectivity index (χ1n) is 9.05. The Morgan fingerprint density at radius 2 is 1.85 bits per heavy atom. The van der Waals surface area contributed by atoms with Crippen LogP contribution >= 0.6 is 11.6 Å². The molecule has 0 aromatic heterocycles. The zero-order chi connectivity index (χ0) is 18.4. The van der Waals surface area contributed by atoms with Crippen molar-refractivity contribution in [3.63, 3.8) is 0 Å². The second-order valence-corrected chi connectivity index (χ2v) is 7.20. The molecule has 0 spiro atoms. The highest BCUT2D eigenvalue weighted by Crippen LogP contribution is 2.27. The quantitative estimate of drug-likeness (QED) is 0.627. The standard InChI is InChI=1S/C21H25ClN2O2/c1-23(15-17-9-11-19(22)12-10-17)13-5-6-14-24-20(16-26-21(24)25)18-7-3-2-4-8-18/h2-4,7-12,20H,5-6,13-16H2,1H3/t20-/m1/s1. The number of cyclic esters (lactones) is 1. The van der Waals surface area contributed by atoms with Gasteiger partial charge in [-0.1, -0.05) is 54.1 Å². The van der Waals surface area contributed by atoms with E-state index in [1.807, 2.05) is 35.2 Å². The van der Waals surface area contributed by atoms with Gasteiger partial charge in [0.05, 0.1) is 6.04 Å². The van der Waals surface area contributed by atoms with Crippen molar-refractivity contribution in [2.45, 2.75) is 25.4 Å². The van der Waals surface area contributed by atoms with Gasteiger partial charge >= 0.3 is 6.09 Å². The molecule has 4 nitrogen and oxygen atoms in total. The Bertz CT molecular complexity index is 706. The molecule has 0 radical (unpaired) electrons. The smallest absolute Gasteiger partial charge is 0.410 e. The number of unbranched alkanes of at least 4 members (excludes halogenated alkanes) is 1. The van der Waals surface area contributed by atoms with Gasteiger partial charge in [-0.25, -0.2) is 4.79 Å². The molecule has 3 rings (SSSR count). The monoisotopic (exact) mass is 372 g/mol. The Morgan fingerprint density at radius 3 is 2.58 bits per heavy atom. The number of ether oxygens (including phenoxy) is 1. The first-order valence-corrected chi connectivity index (χ1v) is 9.42. The van der Waals surface area contributed by atoms with Crippen LogP contribution in [-0.2, 0) is 11.3 Å². The molecule has 0 aliphatic carbocycles. The van der Waals surface area contributed by atoms with E-state index in [2.05, 4.69) is 36.2 Å². The molecule has 1 aliphatic heterocycles. The molecule has 26 heavy (non-hydrogen) atoms. The molecule has 1 fully saturated rings. The highest BCUT2D eigenvalue weighted by atomic mass is 35.5. The lowest BCUT2D eigenvalue weighted by atomic mass is 10.1. The molecular weight excluding hydrogens is 348 g/mol. The second-order valence-electron chi connectivity index (χ2n) is 6.77. The Kier molecular flexibility index (Phi) is 6.53. The molecule has 1 heterocycles. The van der Waals surface area contributed by atoms with Crippen molar-refractivity contribution >= 4 is 17.7 Å². The third-order valence-electron chi connectivity index (χ3n) is 4.71. The van der Waals surface area contributed by atoms with Crippen LogP contribution in [-0.4, -0.2) is 42.6 Å². The third-order valence-corrected chi connectivity index (χ3v) is 4.97. The summed E-state index contributed by atoms with van der Waals surface area (Å²) in [5.41, 5.74) is 2.39. The minimum Gasteiger partial charge on any atom is -0.447 e. The van der Waals surface area contributed by atoms with E-state index in [0.717, 1.165) is 43.1 Å². The van der Waals surface area contributed by atoms with Gasteiger partial charge in [0.25, 0.3) is 0 Å². The number of halogens is 1. The summed E-state index contributed by atoms with van der Waals surface area (Å²) in [4.78, 5) is 16.2. The van der Waals surface area contributed by atoms with Crippen molar-refractivity contribution in [2.24, 2.45) is 0 Å². The van der Waals surface area contributed by atoms with Crippen molar-refractivity contribution in [3.05, 3.63) is 70.7 Å². The van der Waals surface area contributed by atoms with Crippen molar-refractivity contribution in [1.29, 1.82) is 0 Å². The first-order chi connectivity index (χ1) is 12.6. The minimum absolute atomic E-state index is 0.0375. The number of benzene rings is 2. The molecule has 0 unspecified atom stereocenters. The van der Waals surface area contributed by atoms with Crippen molar-refractivity contribution in [1.82, 2.24) is 9.80 Å². The van der Waals surface area contributed by atoms with Crippen LogP contribution in [0.4, 0.5) is 4.79 Å². The maximum absolute atomic E-state index is 12.0. The molecule has 5 heteroatoms. The highest BCUT2D eigenvalue weighted by molar-refractivity contribution is 6.30. The molecule has 0 bridgehead atoms. The summed E-state index contributed by atoms with van der Waals surface area (Å²) in [5, 5.41) is 0.766. The number of carbonyl (C=O) groups excluding carboxylic acids is 1. The van der Waals surface area contributed by atoms with Crippen LogP contribution in [0.15, 0.2) is 54.6 Å².